The maximum absolute atomic E-state index is 13.4. The number of amides is 1. The van der Waals surface area contributed by atoms with E-state index in [9.17, 15) is 13.2 Å². The Kier molecular flexibility index (Phi) is 6.98. The van der Waals surface area contributed by atoms with E-state index in [1.165, 1.54) is 22.5 Å². The third-order valence-electron chi connectivity index (χ3n) is 4.98. The molecule has 1 aliphatic rings. The summed E-state index contributed by atoms with van der Waals surface area (Å²) in [5.41, 5.74) is 0.842. The Morgan fingerprint density at radius 2 is 1.72 bits per heavy atom. The van der Waals surface area contributed by atoms with Gasteiger partial charge in [0.05, 0.1) is 17.3 Å². The Morgan fingerprint density at radius 3 is 2.34 bits per heavy atom. The molecule has 0 N–H and O–H groups in total. The van der Waals surface area contributed by atoms with E-state index in [0.717, 1.165) is 25.7 Å². The number of hydrogen-bond donors (Lipinski definition) is 0. The van der Waals surface area contributed by atoms with Crippen LogP contribution in [0.1, 0.15) is 36.0 Å². The topological polar surface area (TPSA) is 57.7 Å². The van der Waals surface area contributed by atoms with Crippen molar-refractivity contribution in [3.8, 4) is 0 Å². The highest BCUT2D eigenvalue weighted by Gasteiger charge is 2.28. The fraction of sp³-hybridized carbons (Fsp3) is 0.318. The molecule has 7 heteroatoms. The van der Waals surface area contributed by atoms with Crippen molar-refractivity contribution in [2.75, 3.05) is 23.9 Å². The first-order valence-corrected chi connectivity index (χ1v) is 11.5. The van der Waals surface area contributed by atoms with Gasteiger partial charge in [-0.25, -0.2) is 8.42 Å². The molecule has 5 nitrogen and oxygen atoms in total. The van der Waals surface area contributed by atoms with E-state index < -0.39 is 10.0 Å². The molecule has 2 aromatic rings. The molecule has 2 aromatic carbocycles. The molecule has 0 atom stereocenters. The SMILES string of the molecule is C=CCN(c1ccccc1)S(=O)(=O)c1cc(C(=O)N2CCCCCC2)ccc1Cl. The summed E-state index contributed by atoms with van der Waals surface area (Å²) >= 11 is 6.27. The molecule has 0 aromatic heterocycles. The molecule has 29 heavy (non-hydrogen) atoms. The molecule has 0 spiro atoms. The number of carbonyl (C=O) groups excluding carboxylic acids is 1. The second kappa shape index (κ2) is 9.46. The van der Waals surface area contributed by atoms with Crippen LogP contribution in [0.15, 0.2) is 66.1 Å². The Bertz CT molecular complexity index is 969. The number of nitrogens with zero attached hydrogens (tertiary/aromatic N) is 2. The first kappa shape index (κ1) is 21.4. The van der Waals surface area contributed by atoms with Gasteiger partial charge >= 0.3 is 0 Å². The number of likely N-dealkylation sites (tertiary alicyclic amines) is 1. The lowest BCUT2D eigenvalue weighted by molar-refractivity contribution is 0.0761. The summed E-state index contributed by atoms with van der Waals surface area (Å²) in [6.07, 6.45) is 5.66. The summed E-state index contributed by atoms with van der Waals surface area (Å²) in [6, 6.07) is 13.2. The molecule has 1 heterocycles. The highest BCUT2D eigenvalue weighted by atomic mass is 35.5. The Hall–Kier alpha value is -2.31. The molecule has 1 saturated heterocycles. The van der Waals surface area contributed by atoms with Crippen LogP contribution >= 0.6 is 11.6 Å². The molecule has 0 saturated carbocycles. The van der Waals surface area contributed by atoms with Gasteiger partial charge in [-0.3, -0.25) is 9.10 Å². The summed E-state index contributed by atoms with van der Waals surface area (Å²) in [4.78, 5) is 14.7. The van der Waals surface area contributed by atoms with Crippen LogP contribution in [0.3, 0.4) is 0 Å². The Labute approximate surface area is 177 Å². The molecule has 3 rings (SSSR count). The van der Waals surface area contributed by atoms with Gasteiger partial charge in [0.15, 0.2) is 0 Å². The number of para-hydroxylation sites is 1. The summed E-state index contributed by atoms with van der Waals surface area (Å²) in [5.74, 6) is -0.157. The van der Waals surface area contributed by atoms with Gasteiger partial charge in [0, 0.05) is 18.7 Å². The van der Waals surface area contributed by atoms with Crippen molar-refractivity contribution in [2.45, 2.75) is 30.6 Å². The third-order valence-corrected chi connectivity index (χ3v) is 7.25. The number of anilines is 1. The van der Waals surface area contributed by atoms with E-state index in [-0.39, 0.29) is 22.4 Å². The number of carbonyl (C=O) groups is 1. The summed E-state index contributed by atoms with van der Waals surface area (Å²) in [5, 5.41) is 0.0856. The standard InChI is InChI=1S/C22H25ClN2O3S/c1-2-14-25(19-10-6-5-7-11-19)29(27,28)21-17-18(12-13-20(21)23)22(26)24-15-8-3-4-9-16-24/h2,5-7,10-13,17H,1,3-4,8-9,14-16H2. The predicted octanol–water partition coefficient (Wildman–Crippen LogP) is 4.74. The van der Waals surface area contributed by atoms with Crippen LogP contribution in [0.4, 0.5) is 5.69 Å². The smallest absolute Gasteiger partial charge is 0.266 e. The Morgan fingerprint density at radius 1 is 1.07 bits per heavy atom. The number of hydrogen-bond acceptors (Lipinski definition) is 3. The normalized spacial score (nSPS) is 14.9. The molecule has 0 radical (unpaired) electrons. The zero-order chi connectivity index (χ0) is 20.9. The van der Waals surface area contributed by atoms with E-state index >= 15 is 0 Å². The van der Waals surface area contributed by atoms with E-state index in [4.69, 9.17) is 11.6 Å². The lowest BCUT2D eigenvalue weighted by atomic mass is 10.2. The van der Waals surface area contributed by atoms with E-state index in [0.29, 0.717) is 24.3 Å². The van der Waals surface area contributed by atoms with Gasteiger partial charge in [0.2, 0.25) is 0 Å². The van der Waals surface area contributed by atoms with Crippen LogP contribution in [0.5, 0.6) is 0 Å². The van der Waals surface area contributed by atoms with Gasteiger partial charge in [-0.1, -0.05) is 48.7 Å². The summed E-state index contributed by atoms with van der Waals surface area (Å²) < 4.78 is 28.1. The molecule has 154 valence electrons. The summed E-state index contributed by atoms with van der Waals surface area (Å²) in [6.45, 7) is 5.14. The van der Waals surface area contributed by atoms with Crippen molar-refractivity contribution >= 4 is 33.2 Å². The van der Waals surface area contributed by atoms with Gasteiger partial charge in [-0.05, 0) is 43.2 Å². The highest BCUT2D eigenvalue weighted by molar-refractivity contribution is 7.93. The van der Waals surface area contributed by atoms with Crippen molar-refractivity contribution in [3.63, 3.8) is 0 Å². The first-order valence-electron chi connectivity index (χ1n) is 9.72. The van der Waals surface area contributed by atoms with Gasteiger partial charge < -0.3 is 4.90 Å². The van der Waals surface area contributed by atoms with Gasteiger partial charge in [-0.2, -0.15) is 0 Å². The zero-order valence-electron chi connectivity index (χ0n) is 16.3. The fourth-order valence-corrected chi connectivity index (χ4v) is 5.40. The number of rotatable bonds is 6. The summed E-state index contributed by atoms with van der Waals surface area (Å²) in [7, 11) is -3.98. The van der Waals surface area contributed by atoms with Crippen molar-refractivity contribution in [1.82, 2.24) is 4.90 Å². The minimum absolute atomic E-state index is 0.0782. The van der Waals surface area contributed by atoms with Gasteiger partial charge in [0.1, 0.15) is 4.90 Å². The van der Waals surface area contributed by atoms with E-state index in [1.54, 1.807) is 35.2 Å². The van der Waals surface area contributed by atoms with Crippen LogP contribution in [-0.2, 0) is 10.0 Å². The fourth-order valence-electron chi connectivity index (χ4n) is 3.46. The minimum Gasteiger partial charge on any atom is -0.339 e. The molecular formula is C22H25ClN2O3S. The van der Waals surface area contributed by atoms with E-state index in [2.05, 4.69) is 6.58 Å². The molecule has 0 bridgehead atoms. The van der Waals surface area contributed by atoms with Crippen LogP contribution < -0.4 is 4.31 Å². The molecular weight excluding hydrogens is 408 g/mol. The average Bonchev–Trinajstić information content (AvgIpc) is 3.02. The van der Waals surface area contributed by atoms with Gasteiger partial charge in [-0.15, -0.1) is 6.58 Å². The maximum atomic E-state index is 13.4. The average molecular weight is 433 g/mol. The van der Waals surface area contributed by atoms with Crippen LogP contribution in [-0.4, -0.2) is 38.9 Å². The molecule has 0 unspecified atom stereocenters. The monoisotopic (exact) mass is 432 g/mol. The minimum atomic E-state index is -3.98. The molecule has 1 amide bonds. The van der Waals surface area contributed by atoms with Crippen molar-refractivity contribution in [1.29, 1.82) is 0 Å². The van der Waals surface area contributed by atoms with Crippen LogP contribution in [0, 0.1) is 0 Å². The molecule has 0 aliphatic carbocycles. The van der Waals surface area contributed by atoms with Crippen LogP contribution in [0.25, 0.3) is 0 Å². The second-order valence-corrected chi connectivity index (χ2v) is 9.25. The lowest BCUT2D eigenvalue weighted by Gasteiger charge is -2.24. The Balaban J connectivity index is 1.99. The largest absolute Gasteiger partial charge is 0.339 e. The van der Waals surface area contributed by atoms with Crippen molar-refractivity contribution in [3.05, 3.63) is 71.8 Å². The maximum Gasteiger partial charge on any atom is 0.266 e. The number of benzene rings is 2. The van der Waals surface area contributed by atoms with Crippen molar-refractivity contribution in [2.24, 2.45) is 0 Å². The third kappa shape index (κ3) is 4.82. The number of sulfonamides is 1. The highest BCUT2D eigenvalue weighted by Crippen LogP contribution is 2.30. The van der Waals surface area contributed by atoms with Crippen LogP contribution in [0.2, 0.25) is 5.02 Å². The molecule has 1 aliphatic heterocycles. The quantitative estimate of drug-likeness (QED) is 0.619. The molecule has 1 fully saturated rings. The zero-order valence-corrected chi connectivity index (χ0v) is 17.8. The number of halogens is 1. The van der Waals surface area contributed by atoms with Gasteiger partial charge in [0.25, 0.3) is 15.9 Å². The van der Waals surface area contributed by atoms with E-state index in [1.807, 2.05) is 6.07 Å². The first-order chi connectivity index (χ1) is 13.9. The van der Waals surface area contributed by atoms with Crippen molar-refractivity contribution < 1.29 is 13.2 Å². The second-order valence-electron chi connectivity index (χ2n) is 7.01. The lowest BCUT2D eigenvalue weighted by Crippen LogP contribution is -2.33. The predicted molar refractivity (Wildman–Crippen MR) is 117 cm³/mol.